The number of aromatic nitrogens is 1. The molecular weight excluding hydrogens is 516 g/mol. The summed E-state index contributed by atoms with van der Waals surface area (Å²) >= 11 is 0. The van der Waals surface area contributed by atoms with Crippen LogP contribution in [-0.4, -0.2) is 40.9 Å². The Bertz CT molecular complexity index is 1600. The number of aromatic amines is 1. The summed E-state index contributed by atoms with van der Waals surface area (Å²) < 4.78 is 0. The summed E-state index contributed by atoms with van der Waals surface area (Å²) in [4.78, 5) is 29.0. The number of nitrogens with zero attached hydrogens (tertiary/aromatic N) is 2. The Morgan fingerprint density at radius 1 is 0.833 bits per heavy atom. The molecule has 0 spiro atoms. The molecule has 0 bridgehead atoms. The molecule has 0 fully saturated rings. The first-order valence-corrected chi connectivity index (χ1v) is 15.0. The van der Waals surface area contributed by atoms with E-state index in [9.17, 15) is 0 Å². The average Bonchev–Trinajstić information content (AvgIpc) is 3.82. The summed E-state index contributed by atoms with van der Waals surface area (Å²) in [7, 11) is 0. The maximum Gasteiger partial charge on any atom is 0.228 e. The maximum atomic E-state index is 15.0. The summed E-state index contributed by atoms with van der Waals surface area (Å²) in [6, 6.07) is 29.1. The lowest BCUT2D eigenvalue weighted by Gasteiger charge is -2.57. The standard InChI is InChI=1S/C37H38N4O/c1-3-35(22-13-24-40-35)37(29-17-9-6-10-18-29,36(4-2)23-14-25-41-36)33(31-27-39-32-20-12-11-19-30(31)32)34(42)38-26-21-28-15-7-5-8-16-28/h5-20,22-25,27,33,39H,3-4,21,26H2,1-2H3,(H,38,42). The number of para-hydroxylation sites is 1. The molecule has 212 valence electrons. The fourth-order valence-corrected chi connectivity index (χ4v) is 7.51. The number of fused-ring (bicyclic) bond motifs is 1. The van der Waals surface area contributed by atoms with Gasteiger partial charge in [0.1, 0.15) is 0 Å². The molecule has 0 radical (unpaired) electrons. The summed E-state index contributed by atoms with van der Waals surface area (Å²) in [5.41, 5.74) is 1.86. The summed E-state index contributed by atoms with van der Waals surface area (Å²) in [6.07, 6.45) is 16.5. The van der Waals surface area contributed by atoms with Crippen molar-refractivity contribution in [3.05, 3.63) is 132 Å². The van der Waals surface area contributed by atoms with E-state index in [2.05, 4.69) is 84.8 Å². The molecule has 0 aliphatic carbocycles. The molecule has 2 aliphatic heterocycles. The van der Waals surface area contributed by atoms with Crippen LogP contribution in [-0.2, 0) is 16.6 Å². The molecular formula is C37H38N4O. The first kappa shape index (κ1) is 27.6. The number of amides is 1. The minimum Gasteiger partial charge on any atom is -0.361 e. The van der Waals surface area contributed by atoms with E-state index in [0.29, 0.717) is 19.4 Å². The van der Waals surface area contributed by atoms with Gasteiger partial charge in [-0.2, -0.15) is 0 Å². The van der Waals surface area contributed by atoms with E-state index < -0.39 is 22.4 Å². The molecule has 3 atom stereocenters. The lowest BCUT2D eigenvalue weighted by atomic mass is 9.47. The number of benzene rings is 3. The molecule has 5 nitrogen and oxygen atoms in total. The van der Waals surface area contributed by atoms with Crippen LogP contribution in [0.4, 0.5) is 0 Å². The van der Waals surface area contributed by atoms with Gasteiger partial charge in [0.25, 0.3) is 0 Å². The number of H-pyrrole nitrogens is 1. The number of hydrogen-bond acceptors (Lipinski definition) is 3. The topological polar surface area (TPSA) is 69.6 Å². The van der Waals surface area contributed by atoms with Gasteiger partial charge in [-0.05, 0) is 54.2 Å². The van der Waals surface area contributed by atoms with E-state index in [4.69, 9.17) is 9.98 Å². The van der Waals surface area contributed by atoms with Crippen LogP contribution in [0.5, 0.6) is 0 Å². The van der Waals surface area contributed by atoms with Crippen molar-refractivity contribution in [3.8, 4) is 0 Å². The number of carbonyl (C=O) groups excluding carboxylic acids is 1. The van der Waals surface area contributed by atoms with Gasteiger partial charge in [0.05, 0.1) is 22.4 Å². The molecule has 3 heterocycles. The molecule has 2 aliphatic rings. The normalized spacial score (nSPS) is 22.9. The molecule has 2 N–H and O–H groups in total. The van der Waals surface area contributed by atoms with Gasteiger partial charge in [0, 0.05) is 36.1 Å². The average molecular weight is 555 g/mol. The second-order valence-corrected chi connectivity index (χ2v) is 11.3. The van der Waals surface area contributed by atoms with Crippen molar-refractivity contribution in [3.63, 3.8) is 0 Å². The van der Waals surface area contributed by atoms with Gasteiger partial charge >= 0.3 is 0 Å². The number of hydrogen-bond donors (Lipinski definition) is 2. The van der Waals surface area contributed by atoms with Gasteiger partial charge in [0.2, 0.25) is 5.91 Å². The lowest BCUT2D eigenvalue weighted by Crippen LogP contribution is -2.66. The Hall–Kier alpha value is -4.51. The first-order chi connectivity index (χ1) is 20.6. The van der Waals surface area contributed by atoms with Crippen LogP contribution in [0.25, 0.3) is 10.9 Å². The van der Waals surface area contributed by atoms with E-state index in [0.717, 1.165) is 28.5 Å². The van der Waals surface area contributed by atoms with E-state index in [1.807, 2.05) is 67.2 Å². The van der Waals surface area contributed by atoms with Crippen LogP contribution >= 0.6 is 0 Å². The van der Waals surface area contributed by atoms with E-state index in [-0.39, 0.29) is 5.91 Å². The number of carbonyl (C=O) groups is 1. The molecule has 6 rings (SSSR count). The Labute approximate surface area is 248 Å². The third-order valence-corrected chi connectivity index (χ3v) is 9.38. The second kappa shape index (κ2) is 11.4. The smallest absolute Gasteiger partial charge is 0.228 e. The molecule has 1 aromatic heterocycles. The van der Waals surface area contributed by atoms with Crippen LogP contribution in [0.2, 0.25) is 0 Å². The maximum absolute atomic E-state index is 15.0. The molecule has 1 amide bonds. The quantitative estimate of drug-likeness (QED) is 0.204. The van der Waals surface area contributed by atoms with Crippen molar-refractivity contribution < 1.29 is 4.79 Å². The third kappa shape index (κ3) is 4.27. The van der Waals surface area contributed by atoms with Gasteiger partial charge in [-0.3, -0.25) is 14.8 Å². The zero-order valence-corrected chi connectivity index (χ0v) is 24.3. The Morgan fingerprint density at radius 3 is 2.02 bits per heavy atom. The highest BCUT2D eigenvalue weighted by Crippen LogP contribution is 2.61. The van der Waals surface area contributed by atoms with Gasteiger partial charge in [0.15, 0.2) is 0 Å². The molecule has 0 saturated heterocycles. The molecule has 3 aromatic carbocycles. The minimum atomic E-state index is -0.889. The first-order valence-electron chi connectivity index (χ1n) is 15.0. The molecule has 5 heteroatoms. The van der Waals surface area contributed by atoms with E-state index in [1.54, 1.807) is 0 Å². The fraction of sp³-hybridized carbons (Fsp3) is 0.270. The van der Waals surface area contributed by atoms with Gasteiger partial charge in [-0.1, -0.05) is 105 Å². The summed E-state index contributed by atoms with van der Waals surface area (Å²) in [5, 5.41) is 4.42. The van der Waals surface area contributed by atoms with Gasteiger partial charge in [-0.25, -0.2) is 0 Å². The van der Waals surface area contributed by atoms with Crippen molar-refractivity contribution in [2.45, 2.75) is 55.5 Å². The largest absolute Gasteiger partial charge is 0.361 e. The monoisotopic (exact) mass is 554 g/mol. The highest BCUT2D eigenvalue weighted by Gasteiger charge is 2.68. The fourth-order valence-electron chi connectivity index (χ4n) is 7.51. The molecule has 0 saturated carbocycles. The SMILES string of the molecule is CCC1(C(c2ccccc2)(C(C(=O)NCCc2ccccc2)c2c[nH]c3ccccc23)C2(CC)C=CC=N2)C=CC=N1. The predicted octanol–water partition coefficient (Wildman–Crippen LogP) is 7.13. The van der Waals surface area contributed by atoms with Crippen LogP contribution in [0, 0.1) is 0 Å². The van der Waals surface area contributed by atoms with Crippen LogP contribution < -0.4 is 5.32 Å². The van der Waals surface area contributed by atoms with Gasteiger partial charge < -0.3 is 10.3 Å². The Morgan fingerprint density at radius 2 is 1.43 bits per heavy atom. The molecule has 4 aromatic rings. The number of rotatable bonds is 11. The van der Waals surface area contributed by atoms with Crippen molar-refractivity contribution in [1.82, 2.24) is 10.3 Å². The molecule has 42 heavy (non-hydrogen) atoms. The van der Waals surface area contributed by atoms with Crippen molar-refractivity contribution in [2.24, 2.45) is 9.98 Å². The predicted molar refractivity (Wildman–Crippen MR) is 174 cm³/mol. The second-order valence-electron chi connectivity index (χ2n) is 11.3. The zero-order valence-electron chi connectivity index (χ0n) is 24.3. The lowest BCUT2D eigenvalue weighted by molar-refractivity contribution is -0.126. The van der Waals surface area contributed by atoms with E-state index >= 15 is 4.79 Å². The Balaban J connectivity index is 1.63. The highest BCUT2D eigenvalue weighted by molar-refractivity contribution is 5.95. The van der Waals surface area contributed by atoms with Crippen molar-refractivity contribution in [2.75, 3.05) is 6.54 Å². The molecule has 3 unspecified atom stereocenters. The van der Waals surface area contributed by atoms with Crippen molar-refractivity contribution in [1.29, 1.82) is 0 Å². The minimum absolute atomic E-state index is 0.0220. The third-order valence-electron chi connectivity index (χ3n) is 9.38. The van der Waals surface area contributed by atoms with Crippen LogP contribution in [0.3, 0.4) is 0 Å². The van der Waals surface area contributed by atoms with Crippen LogP contribution in [0.1, 0.15) is 49.3 Å². The number of allylic oxidation sites excluding steroid dienone is 2. The highest BCUT2D eigenvalue weighted by atomic mass is 16.1. The van der Waals surface area contributed by atoms with Gasteiger partial charge in [-0.15, -0.1) is 0 Å². The van der Waals surface area contributed by atoms with Crippen LogP contribution in [0.15, 0.2) is 125 Å². The number of aliphatic imine (C=N–C) groups is 2. The van der Waals surface area contributed by atoms with E-state index in [1.165, 1.54) is 5.56 Å². The van der Waals surface area contributed by atoms with Crippen molar-refractivity contribution >= 4 is 29.2 Å². The Kier molecular flexibility index (Phi) is 7.51. The zero-order chi connectivity index (χ0) is 29.0. The number of nitrogens with one attached hydrogen (secondary N) is 2. The summed E-state index contributed by atoms with van der Waals surface area (Å²) in [5.74, 6) is -0.641. The summed E-state index contributed by atoms with van der Waals surface area (Å²) in [6.45, 7) is 4.88.